The van der Waals surface area contributed by atoms with Gasteiger partial charge < -0.3 is 5.32 Å². The molecule has 1 N–H and O–H groups in total. The Balaban J connectivity index is 1.99. The maximum atomic E-state index is 4.47. The Labute approximate surface area is 115 Å². The fraction of sp³-hybridized carbons (Fsp3) is 0.333. The van der Waals surface area contributed by atoms with Crippen molar-refractivity contribution in [2.75, 3.05) is 5.32 Å². The summed E-state index contributed by atoms with van der Waals surface area (Å²) in [6.45, 7) is 5.75. The third-order valence-corrected chi connectivity index (χ3v) is 3.65. The molecule has 0 aromatic carbocycles. The molecule has 90 valence electrons. The van der Waals surface area contributed by atoms with Crippen LogP contribution in [0.3, 0.4) is 0 Å². The predicted molar refractivity (Wildman–Crippen MR) is 76.9 cm³/mol. The number of pyridine rings is 1. The van der Waals surface area contributed by atoms with Gasteiger partial charge >= 0.3 is 0 Å². The number of aromatic nitrogens is 3. The molecule has 0 aliphatic carbocycles. The minimum atomic E-state index is 0.757. The first-order valence-corrected chi connectivity index (χ1v) is 6.65. The molecular weight excluding hydrogens is 327 g/mol. The summed E-state index contributed by atoms with van der Waals surface area (Å²) in [4.78, 5) is 4.47. The minimum Gasteiger partial charge on any atom is -0.366 e. The van der Waals surface area contributed by atoms with Gasteiger partial charge in [0, 0.05) is 28.4 Å². The Morgan fingerprint density at radius 1 is 1.41 bits per heavy atom. The van der Waals surface area contributed by atoms with Crippen LogP contribution in [-0.2, 0) is 13.1 Å². The number of halogens is 1. The van der Waals surface area contributed by atoms with Crippen LogP contribution < -0.4 is 5.32 Å². The van der Waals surface area contributed by atoms with E-state index in [0.717, 1.165) is 24.6 Å². The molecule has 0 unspecified atom stereocenters. The van der Waals surface area contributed by atoms with Crippen molar-refractivity contribution in [1.29, 1.82) is 0 Å². The predicted octanol–water partition coefficient (Wildman–Crippen LogP) is 2.82. The van der Waals surface area contributed by atoms with Crippen LogP contribution in [0.4, 0.5) is 5.82 Å². The maximum Gasteiger partial charge on any atom is 0.126 e. The molecular formula is C12H15IN4. The second-order valence-corrected chi connectivity index (χ2v) is 4.98. The highest BCUT2D eigenvalue weighted by molar-refractivity contribution is 14.1. The van der Waals surface area contributed by atoms with Gasteiger partial charge in [0.25, 0.3) is 0 Å². The summed E-state index contributed by atoms with van der Waals surface area (Å²) in [6.07, 6.45) is 3.93. The summed E-state index contributed by atoms with van der Waals surface area (Å²) in [7, 11) is 0. The van der Waals surface area contributed by atoms with Crippen molar-refractivity contribution in [2.24, 2.45) is 0 Å². The molecule has 2 aromatic heterocycles. The number of hydrogen-bond acceptors (Lipinski definition) is 3. The first-order chi connectivity index (χ1) is 8.19. The molecule has 0 aliphatic rings. The van der Waals surface area contributed by atoms with Gasteiger partial charge in [-0.15, -0.1) is 0 Å². The normalized spacial score (nSPS) is 10.5. The molecule has 0 saturated heterocycles. The zero-order chi connectivity index (χ0) is 12.3. The minimum absolute atomic E-state index is 0.757. The van der Waals surface area contributed by atoms with Gasteiger partial charge in [-0.05, 0) is 48.6 Å². The molecule has 5 heteroatoms. The van der Waals surface area contributed by atoms with E-state index in [-0.39, 0.29) is 0 Å². The lowest BCUT2D eigenvalue weighted by Crippen LogP contribution is -2.02. The van der Waals surface area contributed by atoms with Gasteiger partial charge in [-0.3, -0.25) is 4.68 Å². The van der Waals surface area contributed by atoms with E-state index < -0.39 is 0 Å². The third kappa shape index (κ3) is 3.18. The van der Waals surface area contributed by atoms with E-state index in [9.17, 15) is 0 Å². The van der Waals surface area contributed by atoms with Crippen LogP contribution >= 0.6 is 22.6 Å². The van der Waals surface area contributed by atoms with Gasteiger partial charge in [0.15, 0.2) is 0 Å². The van der Waals surface area contributed by atoms with Crippen molar-refractivity contribution < 1.29 is 0 Å². The highest BCUT2D eigenvalue weighted by Gasteiger charge is 2.00. The van der Waals surface area contributed by atoms with E-state index in [2.05, 4.69) is 51.0 Å². The van der Waals surface area contributed by atoms with Gasteiger partial charge in [0.05, 0.1) is 11.9 Å². The Morgan fingerprint density at radius 3 is 2.88 bits per heavy atom. The van der Waals surface area contributed by atoms with Gasteiger partial charge in [0.2, 0.25) is 0 Å². The monoisotopic (exact) mass is 342 g/mol. The number of nitrogens with one attached hydrogen (secondary N) is 1. The summed E-state index contributed by atoms with van der Waals surface area (Å²) >= 11 is 2.29. The summed E-state index contributed by atoms with van der Waals surface area (Å²) in [6, 6.07) is 4.07. The van der Waals surface area contributed by atoms with E-state index in [1.54, 1.807) is 0 Å². The van der Waals surface area contributed by atoms with Crippen LogP contribution in [0.2, 0.25) is 0 Å². The molecule has 0 amide bonds. The number of rotatable bonds is 4. The average molecular weight is 342 g/mol. The number of anilines is 1. The topological polar surface area (TPSA) is 42.7 Å². The van der Waals surface area contributed by atoms with Crippen LogP contribution in [0.15, 0.2) is 24.5 Å². The highest BCUT2D eigenvalue weighted by atomic mass is 127. The van der Waals surface area contributed by atoms with Crippen LogP contribution in [0, 0.1) is 10.5 Å². The largest absolute Gasteiger partial charge is 0.366 e. The first-order valence-electron chi connectivity index (χ1n) is 5.57. The molecule has 0 spiro atoms. The molecule has 17 heavy (non-hydrogen) atoms. The lowest BCUT2D eigenvalue weighted by atomic mass is 10.3. The molecule has 0 saturated carbocycles. The zero-order valence-electron chi connectivity index (χ0n) is 9.94. The van der Waals surface area contributed by atoms with E-state index in [1.165, 1.54) is 9.13 Å². The van der Waals surface area contributed by atoms with Crippen molar-refractivity contribution in [1.82, 2.24) is 14.8 Å². The van der Waals surface area contributed by atoms with E-state index in [4.69, 9.17) is 0 Å². The second kappa shape index (κ2) is 5.48. The van der Waals surface area contributed by atoms with Crippen molar-refractivity contribution in [3.05, 3.63) is 39.4 Å². The molecule has 0 fully saturated rings. The van der Waals surface area contributed by atoms with Crippen molar-refractivity contribution in [3.63, 3.8) is 0 Å². The lowest BCUT2D eigenvalue weighted by molar-refractivity contribution is 0.659. The Bertz CT molecular complexity index is 507. The fourth-order valence-corrected chi connectivity index (χ4v) is 1.81. The standard InChI is InChI=1S/C12H15IN4/c1-3-17-8-10(7-15-17)6-14-12-5-4-11(13)9(2)16-12/h4-5,7-8H,3,6H2,1-2H3,(H,14,16). The van der Waals surface area contributed by atoms with E-state index in [1.807, 2.05) is 30.1 Å². The van der Waals surface area contributed by atoms with Crippen molar-refractivity contribution >= 4 is 28.4 Å². The average Bonchev–Trinajstić information content (AvgIpc) is 2.79. The Morgan fingerprint density at radius 2 is 2.24 bits per heavy atom. The molecule has 0 aliphatic heterocycles. The molecule has 2 heterocycles. The molecule has 2 rings (SSSR count). The lowest BCUT2D eigenvalue weighted by Gasteiger charge is -2.05. The summed E-state index contributed by atoms with van der Waals surface area (Å²) < 4.78 is 3.11. The van der Waals surface area contributed by atoms with Gasteiger partial charge in [0.1, 0.15) is 5.82 Å². The van der Waals surface area contributed by atoms with Crippen LogP contribution in [0.25, 0.3) is 0 Å². The quantitative estimate of drug-likeness (QED) is 0.869. The Kier molecular flexibility index (Phi) is 3.98. The Hall–Kier alpha value is -1.11. The second-order valence-electron chi connectivity index (χ2n) is 3.82. The van der Waals surface area contributed by atoms with Crippen LogP contribution in [0.1, 0.15) is 18.2 Å². The third-order valence-electron chi connectivity index (χ3n) is 2.51. The highest BCUT2D eigenvalue weighted by Crippen LogP contribution is 2.13. The molecule has 4 nitrogen and oxygen atoms in total. The molecule has 0 bridgehead atoms. The van der Waals surface area contributed by atoms with Crippen molar-refractivity contribution in [3.8, 4) is 0 Å². The van der Waals surface area contributed by atoms with Crippen LogP contribution in [0.5, 0.6) is 0 Å². The summed E-state index contributed by atoms with van der Waals surface area (Å²) in [5.74, 6) is 0.909. The summed E-state index contributed by atoms with van der Waals surface area (Å²) in [5, 5.41) is 7.53. The number of hydrogen-bond donors (Lipinski definition) is 1. The van der Waals surface area contributed by atoms with Gasteiger partial charge in [-0.1, -0.05) is 0 Å². The molecule has 2 aromatic rings. The fourth-order valence-electron chi connectivity index (χ4n) is 1.51. The van der Waals surface area contributed by atoms with Crippen LogP contribution in [-0.4, -0.2) is 14.8 Å². The van der Waals surface area contributed by atoms with E-state index >= 15 is 0 Å². The maximum absolute atomic E-state index is 4.47. The summed E-state index contributed by atoms with van der Waals surface area (Å²) in [5.41, 5.74) is 2.23. The zero-order valence-corrected chi connectivity index (χ0v) is 12.1. The molecule has 0 radical (unpaired) electrons. The molecule has 0 atom stereocenters. The van der Waals surface area contributed by atoms with E-state index in [0.29, 0.717) is 0 Å². The van der Waals surface area contributed by atoms with Crippen molar-refractivity contribution in [2.45, 2.75) is 26.9 Å². The van der Waals surface area contributed by atoms with Gasteiger partial charge in [-0.2, -0.15) is 5.10 Å². The first kappa shape index (κ1) is 12.3. The smallest absolute Gasteiger partial charge is 0.126 e. The SMILES string of the molecule is CCn1cc(CNc2ccc(I)c(C)n2)cn1. The number of nitrogens with zero attached hydrogens (tertiary/aromatic N) is 3. The van der Waals surface area contributed by atoms with Gasteiger partial charge in [-0.25, -0.2) is 4.98 Å². The number of aryl methyl sites for hydroxylation is 2.